The van der Waals surface area contributed by atoms with Crippen molar-refractivity contribution in [3.05, 3.63) is 29.6 Å². The first-order valence-electron chi connectivity index (χ1n) is 5.55. The molecule has 2 atom stereocenters. The second-order valence-electron chi connectivity index (χ2n) is 5.20. The maximum atomic E-state index is 13.5. The number of rotatable bonds is 3. The van der Waals surface area contributed by atoms with Crippen LogP contribution in [0.25, 0.3) is 0 Å². The maximum Gasteiger partial charge on any atom is 0.165 e. The molecule has 0 fully saturated rings. The van der Waals surface area contributed by atoms with Gasteiger partial charge < -0.3 is 15.6 Å². The molecule has 1 aromatic carbocycles. The number of aliphatic hydroxyl groups is 1. The molecule has 0 aliphatic heterocycles. The summed E-state index contributed by atoms with van der Waals surface area (Å²) in [4.78, 5) is 0. The highest BCUT2D eigenvalue weighted by Gasteiger charge is 2.31. The zero-order chi connectivity index (χ0) is 13.2. The third-order valence-corrected chi connectivity index (χ3v) is 2.79. The Morgan fingerprint density at radius 3 is 2.33 bits per heavy atom. The number of halogens is 2. The quantitative estimate of drug-likeness (QED) is 0.893. The molecule has 0 heterocycles. The molecule has 18 heavy (non-hydrogen) atoms. The van der Waals surface area contributed by atoms with Crippen molar-refractivity contribution in [1.29, 1.82) is 0 Å². The van der Waals surface area contributed by atoms with Crippen molar-refractivity contribution >= 4 is 12.4 Å². The van der Waals surface area contributed by atoms with Gasteiger partial charge in [0.1, 0.15) is 0 Å². The van der Waals surface area contributed by atoms with E-state index >= 15 is 0 Å². The van der Waals surface area contributed by atoms with Crippen molar-refractivity contribution in [3.8, 4) is 5.75 Å². The van der Waals surface area contributed by atoms with Crippen molar-refractivity contribution in [3.63, 3.8) is 0 Å². The Bertz CT molecular complexity index is 393. The van der Waals surface area contributed by atoms with Gasteiger partial charge in [-0.1, -0.05) is 32.9 Å². The van der Waals surface area contributed by atoms with Crippen LogP contribution in [0.5, 0.6) is 5.75 Å². The van der Waals surface area contributed by atoms with Crippen LogP contribution in [0.4, 0.5) is 4.39 Å². The highest BCUT2D eigenvalue weighted by molar-refractivity contribution is 5.85. The number of ether oxygens (including phenoxy) is 1. The maximum absolute atomic E-state index is 13.5. The van der Waals surface area contributed by atoms with Gasteiger partial charge in [0.2, 0.25) is 0 Å². The number of hydrogen-bond acceptors (Lipinski definition) is 3. The van der Waals surface area contributed by atoms with Gasteiger partial charge in [-0.2, -0.15) is 0 Å². The molecule has 1 rings (SSSR count). The fraction of sp³-hybridized carbons (Fsp3) is 0.538. The predicted octanol–water partition coefficient (Wildman–Crippen LogP) is 2.66. The van der Waals surface area contributed by atoms with Gasteiger partial charge in [0.05, 0.1) is 19.3 Å². The summed E-state index contributed by atoms with van der Waals surface area (Å²) in [6.07, 6.45) is -0.779. The molecule has 5 heteroatoms. The van der Waals surface area contributed by atoms with Crippen LogP contribution in [-0.2, 0) is 0 Å². The molecule has 3 nitrogen and oxygen atoms in total. The monoisotopic (exact) mass is 277 g/mol. The summed E-state index contributed by atoms with van der Waals surface area (Å²) in [6, 6.07) is 3.85. The van der Waals surface area contributed by atoms with Crippen molar-refractivity contribution in [1.82, 2.24) is 0 Å². The van der Waals surface area contributed by atoms with Crippen LogP contribution in [0.1, 0.15) is 32.4 Å². The third-order valence-electron chi connectivity index (χ3n) is 2.79. The molecule has 0 amide bonds. The van der Waals surface area contributed by atoms with Crippen LogP contribution in [0.15, 0.2) is 18.2 Å². The molecule has 0 unspecified atom stereocenters. The zero-order valence-electron chi connectivity index (χ0n) is 11.1. The lowest BCUT2D eigenvalue weighted by Gasteiger charge is -2.31. The highest BCUT2D eigenvalue weighted by atomic mass is 35.5. The summed E-state index contributed by atoms with van der Waals surface area (Å²) in [5.41, 5.74) is 6.08. The number of methoxy groups -OCH3 is 1. The van der Waals surface area contributed by atoms with Gasteiger partial charge >= 0.3 is 0 Å². The molecule has 0 spiro atoms. The Morgan fingerprint density at radius 1 is 1.33 bits per heavy atom. The largest absolute Gasteiger partial charge is 0.493 e. The fourth-order valence-electron chi connectivity index (χ4n) is 1.71. The van der Waals surface area contributed by atoms with E-state index in [4.69, 9.17) is 10.5 Å². The van der Waals surface area contributed by atoms with Crippen LogP contribution in [0, 0.1) is 11.2 Å². The minimum absolute atomic E-state index is 0. The average Bonchev–Trinajstić information content (AvgIpc) is 2.25. The molecule has 0 aromatic heterocycles. The van der Waals surface area contributed by atoms with E-state index in [1.54, 1.807) is 12.1 Å². The summed E-state index contributed by atoms with van der Waals surface area (Å²) < 4.78 is 18.5. The number of para-hydroxylation sites is 1. The summed E-state index contributed by atoms with van der Waals surface area (Å²) in [5, 5.41) is 10.1. The van der Waals surface area contributed by atoms with Crippen LogP contribution in [0.2, 0.25) is 0 Å². The number of aliphatic hydroxyl groups excluding tert-OH is 1. The lowest BCUT2D eigenvalue weighted by molar-refractivity contribution is 0.0393. The molecule has 3 N–H and O–H groups in total. The number of benzene rings is 1. The van der Waals surface area contributed by atoms with Crippen LogP contribution in [0.3, 0.4) is 0 Å². The van der Waals surface area contributed by atoms with Crippen molar-refractivity contribution in [2.24, 2.45) is 11.1 Å². The fourth-order valence-corrected chi connectivity index (χ4v) is 1.71. The Morgan fingerprint density at radius 2 is 1.89 bits per heavy atom. The molecule has 0 saturated heterocycles. The predicted molar refractivity (Wildman–Crippen MR) is 72.6 cm³/mol. The van der Waals surface area contributed by atoms with Gasteiger partial charge in [-0.3, -0.25) is 0 Å². The van der Waals surface area contributed by atoms with E-state index in [-0.39, 0.29) is 23.6 Å². The van der Waals surface area contributed by atoms with Gasteiger partial charge in [-0.15, -0.1) is 12.4 Å². The summed E-state index contributed by atoms with van der Waals surface area (Å²) >= 11 is 0. The number of hydrogen-bond donors (Lipinski definition) is 2. The summed E-state index contributed by atoms with van der Waals surface area (Å²) in [7, 11) is 1.39. The Hall–Kier alpha value is -0.840. The molecule has 0 aliphatic rings. The Balaban J connectivity index is 0.00000289. The van der Waals surface area contributed by atoms with Gasteiger partial charge in [0, 0.05) is 5.56 Å². The van der Waals surface area contributed by atoms with E-state index in [0.29, 0.717) is 5.56 Å². The first kappa shape index (κ1) is 17.2. The van der Waals surface area contributed by atoms with Crippen LogP contribution < -0.4 is 10.5 Å². The Labute approximate surface area is 114 Å². The van der Waals surface area contributed by atoms with Crippen LogP contribution >= 0.6 is 12.4 Å². The topological polar surface area (TPSA) is 55.5 Å². The SMILES string of the molecule is COc1c(F)cccc1[C@@H](N)[C@@H](O)C(C)(C)C.Cl. The molecule has 0 aliphatic carbocycles. The van der Waals surface area contributed by atoms with E-state index in [2.05, 4.69) is 0 Å². The molecule has 0 radical (unpaired) electrons. The van der Waals surface area contributed by atoms with Gasteiger partial charge in [-0.25, -0.2) is 4.39 Å². The summed E-state index contributed by atoms with van der Waals surface area (Å²) in [6.45, 7) is 5.63. The average molecular weight is 278 g/mol. The number of nitrogens with two attached hydrogens (primary N) is 1. The smallest absolute Gasteiger partial charge is 0.165 e. The second kappa shape index (κ2) is 6.36. The minimum atomic E-state index is -0.779. The van der Waals surface area contributed by atoms with Gasteiger partial charge in [0.25, 0.3) is 0 Å². The van der Waals surface area contributed by atoms with Crippen molar-refractivity contribution in [2.45, 2.75) is 32.9 Å². The van der Waals surface area contributed by atoms with E-state index in [9.17, 15) is 9.50 Å². The molecule has 0 bridgehead atoms. The molecule has 1 aromatic rings. The van der Waals surface area contributed by atoms with Crippen LogP contribution in [-0.4, -0.2) is 18.3 Å². The zero-order valence-corrected chi connectivity index (χ0v) is 11.9. The molecule has 104 valence electrons. The first-order valence-corrected chi connectivity index (χ1v) is 5.55. The standard InChI is InChI=1S/C13H20FNO2.ClH/c1-13(2,3)12(16)10(15)8-6-5-7-9(14)11(8)17-4;/h5-7,10,12,16H,15H2,1-4H3;1H/t10-,12-;/m1./s1. The Kier molecular flexibility index (Phi) is 6.07. The normalized spacial score (nSPS) is 14.6. The van der Waals surface area contributed by atoms with E-state index in [1.807, 2.05) is 20.8 Å². The molecule has 0 saturated carbocycles. The van der Waals surface area contributed by atoms with Crippen molar-refractivity contribution < 1.29 is 14.2 Å². The summed E-state index contributed by atoms with van der Waals surface area (Å²) in [5.74, 6) is -0.371. The molecular formula is C13H21ClFNO2. The van der Waals surface area contributed by atoms with E-state index in [0.717, 1.165) is 0 Å². The minimum Gasteiger partial charge on any atom is -0.493 e. The first-order chi connectivity index (χ1) is 7.79. The van der Waals surface area contributed by atoms with Crippen molar-refractivity contribution in [2.75, 3.05) is 7.11 Å². The third kappa shape index (κ3) is 3.57. The highest BCUT2D eigenvalue weighted by Crippen LogP contribution is 2.34. The van der Waals surface area contributed by atoms with Gasteiger partial charge in [0.15, 0.2) is 11.6 Å². The molecular weight excluding hydrogens is 257 g/mol. The van der Waals surface area contributed by atoms with Gasteiger partial charge in [-0.05, 0) is 11.5 Å². The van der Waals surface area contributed by atoms with E-state index in [1.165, 1.54) is 13.2 Å². The lowest BCUT2D eigenvalue weighted by Crippen LogP contribution is -2.37. The van der Waals surface area contributed by atoms with E-state index < -0.39 is 18.0 Å². The lowest BCUT2D eigenvalue weighted by atomic mass is 9.82. The second-order valence-corrected chi connectivity index (χ2v) is 5.20.